The molecule has 0 spiro atoms. The molecular formula is C32H41N9O5S2. The van der Waals surface area contributed by atoms with E-state index in [0.29, 0.717) is 41.5 Å². The summed E-state index contributed by atoms with van der Waals surface area (Å²) in [5.74, 6) is 0.209. The summed E-state index contributed by atoms with van der Waals surface area (Å²) in [5, 5.41) is 24.3. The highest BCUT2D eigenvalue weighted by atomic mass is 32.2. The number of sulfonamides is 2. The van der Waals surface area contributed by atoms with E-state index in [2.05, 4.69) is 40.0 Å². The monoisotopic (exact) mass is 695 g/mol. The summed E-state index contributed by atoms with van der Waals surface area (Å²) in [6.45, 7) is 7.32. The summed E-state index contributed by atoms with van der Waals surface area (Å²) in [5.41, 5.74) is 2.46. The molecule has 0 amide bonds. The van der Waals surface area contributed by atoms with Crippen LogP contribution < -0.4 is 4.72 Å². The van der Waals surface area contributed by atoms with Crippen LogP contribution in [0.5, 0.6) is 5.75 Å². The van der Waals surface area contributed by atoms with Gasteiger partial charge in [-0.3, -0.25) is 10.2 Å². The third kappa shape index (κ3) is 7.22. The number of phenols is 1. The van der Waals surface area contributed by atoms with Crippen molar-refractivity contribution in [2.24, 2.45) is 0 Å². The lowest BCUT2D eigenvalue weighted by atomic mass is 10.0. The molecule has 2 atom stereocenters. The Balaban J connectivity index is 0.000000168. The number of pyridine rings is 2. The first-order chi connectivity index (χ1) is 23.1. The standard InChI is InChI=1S/C17H20N4O3S.C15H21N5O2S/c1-3-13(9-12-7-6-11(2)15(22)10-12)21-25(23,24)17-14-5-4-8-18-16(14)19-20-17;21-23(22,15-13-6-3-7-16-14(13)17-18-15)20-10-4-5-12(20)11-19-8-1-2-9-19/h4-8,10,13,21-22H,3,9H2,1-2H3,(H,18,19,20);3,6-7,12H,1-2,4-5,8-11H2,(H,16,17,18)/t;12-/m.0/s1. The van der Waals surface area contributed by atoms with Crippen molar-refractivity contribution < 1.29 is 21.9 Å². The summed E-state index contributed by atoms with van der Waals surface area (Å²) in [6.07, 6.45) is 8.55. The summed E-state index contributed by atoms with van der Waals surface area (Å²) in [4.78, 5) is 10.5. The van der Waals surface area contributed by atoms with Crippen molar-refractivity contribution >= 4 is 42.1 Å². The number of hydrogen-bond acceptors (Lipinski definition) is 10. The van der Waals surface area contributed by atoms with Gasteiger partial charge in [0.15, 0.2) is 21.3 Å². The van der Waals surface area contributed by atoms with Gasteiger partial charge in [0.25, 0.3) is 20.0 Å². The number of aryl methyl sites for hydroxylation is 1. The highest BCUT2D eigenvalue weighted by Gasteiger charge is 2.38. The van der Waals surface area contributed by atoms with Crippen LogP contribution in [-0.4, -0.2) is 99.8 Å². The molecule has 256 valence electrons. The van der Waals surface area contributed by atoms with Crippen LogP contribution in [0.25, 0.3) is 22.1 Å². The van der Waals surface area contributed by atoms with Gasteiger partial charge in [-0.25, -0.2) is 31.5 Å². The lowest BCUT2D eigenvalue weighted by Gasteiger charge is -2.27. The number of aromatic hydroxyl groups is 1. The molecule has 5 aromatic rings. The van der Waals surface area contributed by atoms with E-state index in [4.69, 9.17) is 0 Å². The Morgan fingerprint density at radius 2 is 1.56 bits per heavy atom. The number of phenolic OH excluding ortho intramolecular Hbond substituents is 1. The van der Waals surface area contributed by atoms with Crippen molar-refractivity contribution in [3.63, 3.8) is 0 Å². The number of aromatic amines is 2. The molecule has 2 aliphatic heterocycles. The molecule has 4 aromatic heterocycles. The van der Waals surface area contributed by atoms with E-state index in [0.717, 1.165) is 43.6 Å². The van der Waals surface area contributed by atoms with E-state index in [1.54, 1.807) is 47.0 Å². The first-order valence-electron chi connectivity index (χ1n) is 16.2. The molecule has 1 unspecified atom stereocenters. The Kier molecular flexibility index (Phi) is 10.1. The number of likely N-dealkylation sites (tertiary alicyclic amines) is 1. The van der Waals surface area contributed by atoms with Crippen LogP contribution in [0.1, 0.15) is 50.2 Å². The minimum absolute atomic E-state index is 0.0146. The van der Waals surface area contributed by atoms with Crippen molar-refractivity contribution in [1.82, 2.24) is 44.3 Å². The van der Waals surface area contributed by atoms with Crippen molar-refractivity contribution in [3.8, 4) is 5.75 Å². The molecule has 0 bridgehead atoms. The molecule has 4 N–H and O–H groups in total. The maximum Gasteiger partial charge on any atom is 0.260 e. The Bertz CT molecular complexity index is 2090. The lowest BCUT2D eigenvalue weighted by molar-refractivity contribution is 0.257. The zero-order valence-electron chi connectivity index (χ0n) is 27.0. The normalized spacial score (nSPS) is 18.3. The fraction of sp³-hybridized carbons (Fsp3) is 0.438. The molecule has 16 heteroatoms. The zero-order chi connectivity index (χ0) is 33.9. The van der Waals surface area contributed by atoms with Crippen LogP contribution in [0.4, 0.5) is 0 Å². The summed E-state index contributed by atoms with van der Waals surface area (Å²) < 4.78 is 56.0. The van der Waals surface area contributed by atoms with Gasteiger partial charge >= 0.3 is 0 Å². The second-order valence-electron chi connectivity index (χ2n) is 12.3. The molecule has 0 saturated carbocycles. The minimum atomic E-state index is -3.76. The Morgan fingerprint density at radius 1 is 0.917 bits per heavy atom. The van der Waals surface area contributed by atoms with Crippen LogP contribution in [0.15, 0.2) is 64.9 Å². The molecule has 14 nitrogen and oxygen atoms in total. The number of rotatable bonds is 10. The van der Waals surface area contributed by atoms with Gasteiger partial charge in [0.1, 0.15) is 5.75 Å². The third-order valence-electron chi connectivity index (χ3n) is 8.99. The van der Waals surface area contributed by atoms with Crippen molar-refractivity contribution in [1.29, 1.82) is 0 Å². The zero-order valence-corrected chi connectivity index (χ0v) is 28.6. The van der Waals surface area contributed by atoms with E-state index in [1.807, 2.05) is 26.0 Å². The predicted molar refractivity (Wildman–Crippen MR) is 181 cm³/mol. The van der Waals surface area contributed by atoms with Gasteiger partial charge in [0.2, 0.25) is 0 Å². The first kappa shape index (κ1) is 33.9. The van der Waals surface area contributed by atoms with Gasteiger partial charge in [-0.15, -0.1) is 0 Å². The Hall–Kier alpha value is -3.96. The Labute approximate surface area is 280 Å². The number of aromatic nitrogens is 6. The van der Waals surface area contributed by atoms with Crippen molar-refractivity contribution in [3.05, 3.63) is 66.0 Å². The number of benzene rings is 1. The molecular weight excluding hydrogens is 655 g/mol. The molecule has 7 rings (SSSR count). The van der Waals surface area contributed by atoms with Crippen molar-refractivity contribution in [2.45, 2.75) is 74.5 Å². The Morgan fingerprint density at radius 3 is 2.21 bits per heavy atom. The minimum Gasteiger partial charge on any atom is -0.508 e. The molecule has 1 aromatic carbocycles. The smallest absolute Gasteiger partial charge is 0.260 e. The number of H-pyrrole nitrogens is 2. The molecule has 6 heterocycles. The van der Waals surface area contributed by atoms with Gasteiger partial charge < -0.3 is 10.0 Å². The quantitative estimate of drug-likeness (QED) is 0.168. The maximum atomic E-state index is 13.1. The summed E-state index contributed by atoms with van der Waals surface area (Å²) in [7, 11) is -7.33. The van der Waals surface area contributed by atoms with Crippen LogP contribution in [-0.2, 0) is 26.5 Å². The van der Waals surface area contributed by atoms with Gasteiger partial charge in [0, 0.05) is 37.6 Å². The van der Waals surface area contributed by atoms with Gasteiger partial charge in [-0.1, -0.05) is 19.1 Å². The second kappa shape index (κ2) is 14.3. The number of fused-ring (bicyclic) bond motifs is 2. The largest absolute Gasteiger partial charge is 0.508 e. The number of nitrogens with one attached hydrogen (secondary N) is 3. The average Bonchev–Trinajstić information content (AvgIpc) is 3.90. The maximum absolute atomic E-state index is 13.1. The van der Waals surface area contributed by atoms with E-state index in [9.17, 15) is 21.9 Å². The van der Waals surface area contributed by atoms with Gasteiger partial charge in [-0.2, -0.15) is 14.5 Å². The van der Waals surface area contributed by atoms with Crippen LogP contribution in [0, 0.1) is 6.92 Å². The first-order valence-corrected chi connectivity index (χ1v) is 19.1. The predicted octanol–water partition coefficient (Wildman–Crippen LogP) is 3.48. The topological polar surface area (TPSA) is 190 Å². The average molecular weight is 696 g/mol. The number of hydrogen-bond donors (Lipinski definition) is 4. The lowest BCUT2D eigenvalue weighted by Crippen LogP contribution is -2.42. The molecule has 0 radical (unpaired) electrons. The molecule has 0 aliphatic carbocycles. The van der Waals surface area contributed by atoms with Crippen molar-refractivity contribution in [2.75, 3.05) is 26.2 Å². The highest BCUT2D eigenvalue weighted by molar-refractivity contribution is 7.89. The highest BCUT2D eigenvalue weighted by Crippen LogP contribution is 2.29. The second-order valence-corrected chi connectivity index (χ2v) is 15.8. The van der Waals surface area contributed by atoms with Gasteiger partial charge in [-0.05, 0) is 100.0 Å². The summed E-state index contributed by atoms with van der Waals surface area (Å²) >= 11 is 0. The van der Waals surface area contributed by atoms with Crippen LogP contribution in [0.2, 0.25) is 0 Å². The number of nitrogens with zero attached hydrogens (tertiary/aromatic N) is 6. The van der Waals surface area contributed by atoms with E-state index >= 15 is 0 Å². The molecule has 48 heavy (non-hydrogen) atoms. The third-order valence-corrected chi connectivity index (χ3v) is 12.4. The fourth-order valence-electron chi connectivity index (χ4n) is 6.36. The van der Waals surface area contributed by atoms with Crippen LogP contribution >= 0.6 is 0 Å². The molecule has 2 saturated heterocycles. The van der Waals surface area contributed by atoms with E-state index < -0.39 is 20.0 Å². The SMILES string of the molecule is CCC(Cc1ccc(C)c(O)c1)NS(=O)(=O)c1[nH]nc2ncccc12.O=S(=O)(c1[nH]nc2ncccc12)N1CCC[C@H]1CN1CCCC1. The van der Waals surface area contributed by atoms with Gasteiger partial charge in [0.05, 0.1) is 10.8 Å². The summed E-state index contributed by atoms with van der Waals surface area (Å²) in [6, 6.07) is 12.0. The van der Waals surface area contributed by atoms with Crippen LogP contribution in [0.3, 0.4) is 0 Å². The van der Waals surface area contributed by atoms with E-state index in [-0.39, 0.29) is 27.9 Å². The van der Waals surface area contributed by atoms with E-state index in [1.165, 1.54) is 12.8 Å². The fourth-order valence-corrected chi connectivity index (χ4v) is 9.55. The molecule has 2 aliphatic rings. The molecule has 2 fully saturated rings.